The molecule has 3 rings (SSSR count). The third-order valence-electron chi connectivity index (χ3n) is 5.36. The minimum absolute atomic E-state index is 0.287. The first kappa shape index (κ1) is 20.4. The Labute approximate surface area is 161 Å². The predicted octanol–water partition coefficient (Wildman–Crippen LogP) is 3.18. The SMILES string of the molecule is CC1(C)OB(c2c(F)cnc3c2cnn3COCC[Si](C)(C)C)OC1(C)C. The number of halogens is 1. The highest BCUT2D eigenvalue weighted by atomic mass is 28.3. The molecule has 0 N–H and O–H groups in total. The van der Waals surface area contributed by atoms with E-state index in [1.807, 2.05) is 27.7 Å². The summed E-state index contributed by atoms with van der Waals surface area (Å²) < 4.78 is 34.1. The molecule has 9 heteroatoms. The normalized spacial score (nSPS) is 19.2. The molecule has 1 aliphatic rings. The van der Waals surface area contributed by atoms with E-state index < -0.39 is 32.2 Å². The highest BCUT2D eigenvalue weighted by molar-refractivity contribution is 6.76. The van der Waals surface area contributed by atoms with E-state index in [-0.39, 0.29) is 6.73 Å². The zero-order valence-corrected chi connectivity index (χ0v) is 18.3. The number of hydrogen-bond acceptors (Lipinski definition) is 5. The van der Waals surface area contributed by atoms with Crippen molar-refractivity contribution in [3.63, 3.8) is 0 Å². The molecule has 2 aromatic heterocycles. The van der Waals surface area contributed by atoms with E-state index in [1.54, 1.807) is 10.9 Å². The lowest BCUT2D eigenvalue weighted by Gasteiger charge is -2.32. The molecule has 0 radical (unpaired) electrons. The largest absolute Gasteiger partial charge is 0.498 e. The van der Waals surface area contributed by atoms with Gasteiger partial charge in [-0.15, -0.1) is 0 Å². The van der Waals surface area contributed by atoms with Crippen LogP contribution in [0.15, 0.2) is 12.4 Å². The maximum absolute atomic E-state index is 14.6. The van der Waals surface area contributed by atoms with E-state index >= 15 is 0 Å². The Balaban J connectivity index is 1.84. The molecule has 0 bridgehead atoms. The zero-order valence-electron chi connectivity index (χ0n) is 17.3. The standard InChI is InChI=1S/C18H29BFN3O3Si/c1-17(2)18(3,4)26-19(25-17)15-13-10-22-23(16(13)21-11-14(15)20)12-24-8-9-27(5,6)7/h10-11H,8-9,12H2,1-7H3. The molecule has 0 aromatic carbocycles. The van der Waals surface area contributed by atoms with Gasteiger partial charge in [-0.1, -0.05) is 19.6 Å². The molecule has 3 heterocycles. The second-order valence-corrected chi connectivity index (χ2v) is 15.0. The number of rotatable bonds is 6. The van der Waals surface area contributed by atoms with Gasteiger partial charge in [-0.3, -0.25) is 0 Å². The van der Waals surface area contributed by atoms with Gasteiger partial charge < -0.3 is 14.0 Å². The smallest absolute Gasteiger partial charge is 0.399 e. The van der Waals surface area contributed by atoms with Gasteiger partial charge in [0, 0.05) is 25.5 Å². The fraction of sp³-hybridized carbons (Fsp3) is 0.667. The maximum Gasteiger partial charge on any atom is 0.498 e. The number of pyridine rings is 1. The fourth-order valence-electron chi connectivity index (χ4n) is 2.85. The average Bonchev–Trinajstić information content (AvgIpc) is 3.00. The van der Waals surface area contributed by atoms with Crippen molar-refractivity contribution in [1.82, 2.24) is 14.8 Å². The monoisotopic (exact) mass is 393 g/mol. The molecule has 1 saturated heterocycles. The van der Waals surface area contributed by atoms with Crippen LogP contribution in [0, 0.1) is 5.82 Å². The molecule has 148 valence electrons. The predicted molar refractivity (Wildman–Crippen MR) is 107 cm³/mol. The number of hydrogen-bond donors (Lipinski definition) is 0. The second-order valence-electron chi connectivity index (χ2n) is 9.34. The molecule has 0 saturated carbocycles. The number of ether oxygens (including phenoxy) is 1. The summed E-state index contributed by atoms with van der Waals surface area (Å²) in [6, 6.07) is 1.08. The fourth-order valence-corrected chi connectivity index (χ4v) is 3.60. The molecular formula is C18H29BFN3O3Si. The van der Waals surface area contributed by atoms with Crippen molar-refractivity contribution in [3.05, 3.63) is 18.2 Å². The van der Waals surface area contributed by atoms with Crippen LogP contribution in [0.25, 0.3) is 11.0 Å². The molecule has 6 nitrogen and oxygen atoms in total. The quantitative estimate of drug-likeness (QED) is 0.557. The Bertz CT molecular complexity index is 819. The van der Waals surface area contributed by atoms with Crippen LogP contribution in [0.5, 0.6) is 0 Å². The molecule has 1 fully saturated rings. The summed E-state index contributed by atoms with van der Waals surface area (Å²) in [4.78, 5) is 4.22. The van der Waals surface area contributed by atoms with E-state index in [2.05, 4.69) is 29.7 Å². The summed E-state index contributed by atoms with van der Waals surface area (Å²) >= 11 is 0. The first-order valence-electron chi connectivity index (χ1n) is 9.35. The van der Waals surface area contributed by atoms with Crippen molar-refractivity contribution in [2.75, 3.05) is 6.61 Å². The lowest BCUT2D eigenvalue weighted by atomic mass is 9.77. The van der Waals surface area contributed by atoms with Gasteiger partial charge in [0.1, 0.15) is 12.5 Å². The van der Waals surface area contributed by atoms with Gasteiger partial charge in [-0.05, 0) is 33.7 Å². The number of aromatic nitrogens is 3. The van der Waals surface area contributed by atoms with Crippen molar-refractivity contribution >= 4 is 31.7 Å². The van der Waals surface area contributed by atoms with E-state index in [9.17, 15) is 4.39 Å². The lowest BCUT2D eigenvalue weighted by Crippen LogP contribution is -2.41. The van der Waals surface area contributed by atoms with E-state index in [0.717, 1.165) is 6.04 Å². The lowest BCUT2D eigenvalue weighted by molar-refractivity contribution is 0.00578. The van der Waals surface area contributed by atoms with Gasteiger partial charge in [-0.25, -0.2) is 14.1 Å². The third-order valence-corrected chi connectivity index (χ3v) is 7.06. The first-order valence-corrected chi connectivity index (χ1v) is 13.1. The molecule has 0 unspecified atom stereocenters. The maximum atomic E-state index is 14.6. The average molecular weight is 393 g/mol. The van der Waals surface area contributed by atoms with Gasteiger partial charge in [0.2, 0.25) is 0 Å². The first-order chi connectivity index (χ1) is 12.4. The number of fused-ring (bicyclic) bond motifs is 1. The van der Waals surface area contributed by atoms with Crippen LogP contribution in [0.3, 0.4) is 0 Å². The van der Waals surface area contributed by atoms with E-state index in [1.165, 1.54) is 6.20 Å². The molecule has 0 spiro atoms. The highest BCUT2D eigenvalue weighted by Gasteiger charge is 2.53. The molecule has 0 atom stereocenters. The van der Waals surface area contributed by atoms with Crippen LogP contribution in [-0.2, 0) is 20.8 Å². The summed E-state index contributed by atoms with van der Waals surface area (Å²) in [5.74, 6) is -0.458. The van der Waals surface area contributed by atoms with Gasteiger partial charge in [0.05, 0.1) is 23.6 Å². The van der Waals surface area contributed by atoms with Gasteiger partial charge >= 0.3 is 7.12 Å². The van der Waals surface area contributed by atoms with Crippen LogP contribution in [0.4, 0.5) is 4.39 Å². The van der Waals surface area contributed by atoms with Crippen LogP contribution < -0.4 is 5.46 Å². The van der Waals surface area contributed by atoms with Crippen molar-refractivity contribution < 1.29 is 18.4 Å². The van der Waals surface area contributed by atoms with Crippen LogP contribution >= 0.6 is 0 Å². The van der Waals surface area contributed by atoms with Crippen molar-refractivity contribution in [2.24, 2.45) is 0 Å². The topological polar surface area (TPSA) is 58.4 Å². The summed E-state index contributed by atoms with van der Waals surface area (Å²) in [6.07, 6.45) is 2.80. The van der Waals surface area contributed by atoms with Gasteiger partial charge in [0.15, 0.2) is 5.65 Å². The summed E-state index contributed by atoms with van der Waals surface area (Å²) in [5, 5.41) is 4.92. The zero-order chi connectivity index (χ0) is 20.0. The van der Waals surface area contributed by atoms with E-state index in [0.29, 0.717) is 23.1 Å². The minimum Gasteiger partial charge on any atom is -0.399 e. The Morgan fingerprint density at radius 3 is 2.37 bits per heavy atom. The van der Waals surface area contributed by atoms with E-state index in [4.69, 9.17) is 14.0 Å². The van der Waals surface area contributed by atoms with Crippen molar-refractivity contribution in [2.45, 2.75) is 71.3 Å². The minimum atomic E-state index is -1.15. The second kappa shape index (κ2) is 6.95. The molecular weight excluding hydrogens is 364 g/mol. The molecule has 0 aliphatic carbocycles. The highest BCUT2D eigenvalue weighted by Crippen LogP contribution is 2.37. The van der Waals surface area contributed by atoms with Gasteiger partial charge in [-0.2, -0.15) is 5.10 Å². The van der Waals surface area contributed by atoms with Crippen LogP contribution in [-0.4, -0.2) is 47.8 Å². The third kappa shape index (κ3) is 4.11. The number of nitrogens with zero attached hydrogens (tertiary/aromatic N) is 3. The summed E-state index contributed by atoms with van der Waals surface area (Å²) in [7, 11) is -1.95. The molecule has 0 amide bonds. The molecule has 1 aliphatic heterocycles. The van der Waals surface area contributed by atoms with Gasteiger partial charge in [0.25, 0.3) is 0 Å². The summed E-state index contributed by atoms with van der Waals surface area (Å²) in [5.41, 5.74) is -0.188. The molecule has 2 aromatic rings. The Morgan fingerprint density at radius 1 is 1.15 bits per heavy atom. The summed E-state index contributed by atoms with van der Waals surface area (Å²) in [6.45, 7) is 15.7. The van der Waals surface area contributed by atoms with Crippen molar-refractivity contribution in [1.29, 1.82) is 0 Å². The van der Waals surface area contributed by atoms with Crippen LogP contribution in [0.2, 0.25) is 25.7 Å². The van der Waals surface area contributed by atoms with Crippen LogP contribution in [0.1, 0.15) is 27.7 Å². The Morgan fingerprint density at radius 2 is 1.78 bits per heavy atom. The Hall–Kier alpha value is -1.29. The van der Waals surface area contributed by atoms with Crippen molar-refractivity contribution in [3.8, 4) is 0 Å². The molecule has 27 heavy (non-hydrogen) atoms. The Kier molecular flexibility index (Phi) is 5.26.